The third-order valence-corrected chi connectivity index (χ3v) is 6.00. The zero-order valence-electron chi connectivity index (χ0n) is 13.4. The molecule has 5 nitrogen and oxygen atoms in total. The van der Waals surface area contributed by atoms with Crippen LogP contribution in [0, 0.1) is 11.6 Å². The van der Waals surface area contributed by atoms with Crippen LogP contribution in [-0.2, 0) is 21.4 Å². The molecule has 2 aromatic heterocycles. The van der Waals surface area contributed by atoms with Crippen LogP contribution in [0.25, 0.3) is 0 Å². The zero-order chi connectivity index (χ0) is 18.8. The van der Waals surface area contributed by atoms with E-state index >= 15 is 0 Å². The number of aliphatic hydroxyl groups is 1. The molecule has 0 aliphatic rings. The van der Waals surface area contributed by atoms with Gasteiger partial charge < -0.3 is 9.52 Å². The van der Waals surface area contributed by atoms with E-state index < -0.39 is 33.0 Å². The largest absolute Gasteiger partial charge is 0.466 e. The van der Waals surface area contributed by atoms with Crippen molar-refractivity contribution in [1.82, 2.24) is 4.72 Å². The van der Waals surface area contributed by atoms with Gasteiger partial charge in [-0.25, -0.2) is 21.9 Å². The molecule has 3 aromatic rings. The van der Waals surface area contributed by atoms with E-state index in [0.717, 1.165) is 12.1 Å². The fraction of sp³-hybridized carbons (Fsp3) is 0.176. The van der Waals surface area contributed by atoms with Gasteiger partial charge in [-0.3, -0.25) is 0 Å². The van der Waals surface area contributed by atoms with Crippen LogP contribution in [0.5, 0.6) is 0 Å². The first kappa shape index (κ1) is 18.7. The lowest BCUT2D eigenvalue weighted by Crippen LogP contribution is -2.41. The van der Waals surface area contributed by atoms with Crippen molar-refractivity contribution >= 4 is 21.4 Å². The van der Waals surface area contributed by atoms with Crippen molar-refractivity contribution in [1.29, 1.82) is 0 Å². The number of hydrogen-bond donors (Lipinski definition) is 2. The fourth-order valence-electron chi connectivity index (χ4n) is 2.50. The lowest BCUT2D eigenvalue weighted by atomic mass is 9.99. The van der Waals surface area contributed by atoms with E-state index in [-0.39, 0.29) is 17.9 Å². The summed E-state index contributed by atoms with van der Waals surface area (Å²) in [5.74, 6) is -2.17. The van der Waals surface area contributed by atoms with Crippen molar-refractivity contribution < 1.29 is 26.7 Å². The zero-order valence-corrected chi connectivity index (χ0v) is 15.0. The minimum atomic E-state index is -3.96. The Bertz CT molecular complexity index is 916. The van der Waals surface area contributed by atoms with Crippen molar-refractivity contribution in [3.63, 3.8) is 0 Å². The number of furan rings is 1. The third kappa shape index (κ3) is 4.18. The van der Waals surface area contributed by atoms with Crippen LogP contribution in [-0.4, -0.2) is 20.1 Å². The number of nitrogens with one attached hydrogen (secondary N) is 1. The Morgan fingerprint density at radius 3 is 2.46 bits per heavy atom. The summed E-state index contributed by atoms with van der Waals surface area (Å²) in [6.07, 6.45) is 1.37. The van der Waals surface area contributed by atoms with Gasteiger partial charge in [-0.15, -0.1) is 11.3 Å². The second kappa shape index (κ2) is 7.28. The van der Waals surface area contributed by atoms with Crippen LogP contribution in [0.4, 0.5) is 8.78 Å². The van der Waals surface area contributed by atoms with Gasteiger partial charge in [0.1, 0.15) is 17.4 Å². The molecular formula is C17H15F2NO4S2. The highest BCUT2D eigenvalue weighted by atomic mass is 32.2. The highest BCUT2D eigenvalue weighted by Crippen LogP contribution is 2.32. The lowest BCUT2D eigenvalue weighted by molar-refractivity contribution is 0.0655. The number of rotatable bonds is 7. The molecule has 0 radical (unpaired) electrons. The van der Waals surface area contributed by atoms with Crippen molar-refractivity contribution in [3.05, 3.63) is 81.9 Å². The van der Waals surface area contributed by atoms with E-state index in [4.69, 9.17) is 4.42 Å². The average Bonchev–Trinajstić information content (AvgIpc) is 3.25. The molecule has 0 aliphatic heterocycles. The summed E-state index contributed by atoms with van der Waals surface area (Å²) < 4.78 is 58.7. The molecular weight excluding hydrogens is 384 g/mol. The van der Waals surface area contributed by atoms with Gasteiger partial charge in [0.05, 0.1) is 18.6 Å². The van der Waals surface area contributed by atoms with Gasteiger partial charge in [0.25, 0.3) is 0 Å². The first-order valence-corrected chi connectivity index (χ1v) is 10.0. The summed E-state index contributed by atoms with van der Waals surface area (Å²) in [5, 5.41) is 12.8. The van der Waals surface area contributed by atoms with Crippen LogP contribution < -0.4 is 4.72 Å². The van der Waals surface area contributed by atoms with Crippen molar-refractivity contribution in [2.24, 2.45) is 0 Å². The van der Waals surface area contributed by atoms with E-state index in [0.29, 0.717) is 10.9 Å². The van der Waals surface area contributed by atoms with E-state index in [9.17, 15) is 22.3 Å². The molecule has 0 fully saturated rings. The highest BCUT2D eigenvalue weighted by Gasteiger charge is 2.36. The van der Waals surface area contributed by atoms with Crippen LogP contribution in [0.3, 0.4) is 0 Å². The van der Waals surface area contributed by atoms with Gasteiger partial charge in [-0.05, 0) is 41.3 Å². The van der Waals surface area contributed by atoms with Gasteiger partial charge in [-0.1, -0.05) is 6.07 Å². The van der Waals surface area contributed by atoms with Crippen LogP contribution in [0.2, 0.25) is 0 Å². The molecule has 1 atom stereocenters. The molecule has 1 aromatic carbocycles. The van der Waals surface area contributed by atoms with Crippen molar-refractivity contribution in [3.8, 4) is 0 Å². The molecule has 0 aliphatic carbocycles. The summed E-state index contributed by atoms with van der Waals surface area (Å²) >= 11 is 1.24. The maximum Gasteiger partial charge on any atom is 0.215 e. The molecule has 3 rings (SSSR count). The minimum Gasteiger partial charge on any atom is -0.466 e. The van der Waals surface area contributed by atoms with Gasteiger partial charge in [-0.2, -0.15) is 0 Å². The van der Waals surface area contributed by atoms with E-state index in [1.165, 1.54) is 23.7 Å². The summed E-state index contributed by atoms with van der Waals surface area (Å²) in [5.41, 5.74) is -1.73. The molecule has 0 saturated carbocycles. The number of thiophene rings is 1. The maximum absolute atomic E-state index is 13.2. The van der Waals surface area contributed by atoms with Crippen molar-refractivity contribution in [2.75, 3.05) is 6.54 Å². The van der Waals surface area contributed by atoms with Crippen molar-refractivity contribution in [2.45, 2.75) is 11.4 Å². The summed E-state index contributed by atoms with van der Waals surface area (Å²) in [4.78, 5) is 0.493. The molecule has 2 N–H and O–H groups in total. The lowest BCUT2D eigenvalue weighted by Gasteiger charge is -2.25. The third-order valence-electron chi connectivity index (χ3n) is 3.68. The van der Waals surface area contributed by atoms with Gasteiger partial charge in [0, 0.05) is 10.9 Å². The standard InChI is InChI=1S/C17H15F2NO4S2/c18-13-7-12(8-14(19)9-13)10-26(22,23)20-11-17(21,15-3-1-5-24-15)16-4-2-6-25-16/h1-9,20-21H,10-11H2/t17-/m0/s1. The van der Waals surface area contributed by atoms with E-state index in [1.54, 1.807) is 23.6 Å². The smallest absolute Gasteiger partial charge is 0.215 e. The average molecular weight is 399 g/mol. The van der Waals surface area contributed by atoms with Gasteiger partial charge in [0.15, 0.2) is 5.60 Å². The monoisotopic (exact) mass is 399 g/mol. The number of hydrogen-bond acceptors (Lipinski definition) is 5. The first-order valence-electron chi connectivity index (χ1n) is 7.51. The summed E-state index contributed by atoms with van der Waals surface area (Å²) in [7, 11) is -3.96. The Labute approximate surface area is 153 Å². The second-order valence-corrected chi connectivity index (χ2v) is 8.43. The molecule has 26 heavy (non-hydrogen) atoms. The predicted molar refractivity (Wildman–Crippen MR) is 93.0 cm³/mol. The normalized spacial score (nSPS) is 14.3. The predicted octanol–water partition coefficient (Wildman–Crippen LogP) is 2.97. The Morgan fingerprint density at radius 2 is 1.88 bits per heavy atom. The Morgan fingerprint density at radius 1 is 1.15 bits per heavy atom. The Hall–Kier alpha value is -2.07. The van der Waals surface area contributed by atoms with E-state index in [2.05, 4.69) is 4.72 Å². The van der Waals surface area contributed by atoms with Crippen LogP contribution in [0.15, 0.2) is 58.5 Å². The van der Waals surface area contributed by atoms with Crippen LogP contribution >= 0.6 is 11.3 Å². The molecule has 2 heterocycles. The summed E-state index contributed by atoms with van der Waals surface area (Å²) in [6, 6.07) is 9.05. The first-order chi connectivity index (χ1) is 12.3. The fourth-order valence-corrected chi connectivity index (χ4v) is 4.47. The molecule has 0 amide bonds. The van der Waals surface area contributed by atoms with Gasteiger partial charge >= 0.3 is 0 Å². The quantitative estimate of drug-likeness (QED) is 0.640. The molecule has 9 heteroatoms. The molecule has 0 saturated heterocycles. The number of sulfonamides is 1. The van der Waals surface area contributed by atoms with E-state index in [1.807, 2.05) is 0 Å². The highest BCUT2D eigenvalue weighted by molar-refractivity contribution is 7.88. The molecule has 0 bridgehead atoms. The van der Waals surface area contributed by atoms with Gasteiger partial charge in [0.2, 0.25) is 10.0 Å². The molecule has 0 spiro atoms. The maximum atomic E-state index is 13.2. The number of halogens is 2. The topological polar surface area (TPSA) is 79.5 Å². The Balaban J connectivity index is 1.80. The molecule has 0 unspecified atom stereocenters. The molecule has 138 valence electrons. The second-order valence-electron chi connectivity index (χ2n) is 5.67. The summed E-state index contributed by atoms with van der Waals surface area (Å²) in [6.45, 7) is -0.388. The minimum absolute atomic E-state index is 0.0346. The Kier molecular flexibility index (Phi) is 5.24. The SMILES string of the molecule is O=S(=O)(Cc1cc(F)cc(F)c1)NC[C@](O)(c1ccco1)c1cccs1. The number of benzene rings is 1. The van der Waals surface area contributed by atoms with Crippen LogP contribution in [0.1, 0.15) is 16.2 Å².